The molecule has 1 aliphatic heterocycles. The second kappa shape index (κ2) is 6.96. The molecule has 1 aromatic rings. The maximum Gasteiger partial charge on any atom is 0.179 e. The molecule has 0 unspecified atom stereocenters. The lowest BCUT2D eigenvalue weighted by Gasteiger charge is -2.20. The van der Waals surface area contributed by atoms with Gasteiger partial charge in [-0.1, -0.05) is 11.6 Å². The highest BCUT2D eigenvalue weighted by atomic mass is 35.5. The molecule has 1 N–H and O–H groups in total. The predicted molar refractivity (Wildman–Crippen MR) is 72.0 cm³/mol. The fourth-order valence-corrected chi connectivity index (χ4v) is 2.15. The molecule has 0 bridgehead atoms. The van der Waals surface area contributed by atoms with Crippen LogP contribution >= 0.6 is 11.6 Å². The second-order valence-electron chi connectivity index (χ2n) is 4.13. The third-order valence-corrected chi connectivity index (χ3v) is 3.10. The van der Waals surface area contributed by atoms with Gasteiger partial charge in [0.2, 0.25) is 0 Å². The van der Waals surface area contributed by atoms with E-state index in [1.165, 1.54) is 0 Å². The normalized spacial score (nSPS) is 13.9. The summed E-state index contributed by atoms with van der Waals surface area (Å²) in [5.74, 6) is 1.33. The van der Waals surface area contributed by atoms with Crippen LogP contribution in [0.5, 0.6) is 11.5 Å². The van der Waals surface area contributed by atoms with Crippen molar-refractivity contribution in [2.45, 2.75) is 12.8 Å². The van der Waals surface area contributed by atoms with Crippen LogP contribution in [0.3, 0.4) is 0 Å². The third kappa shape index (κ3) is 3.73. The molecule has 0 saturated carbocycles. The van der Waals surface area contributed by atoms with Crippen molar-refractivity contribution in [3.8, 4) is 11.5 Å². The molecule has 6 heteroatoms. The Bertz CT molecular complexity index is 423. The lowest BCUT2D eigenvalue weighted by atomic mass is 10.2. The lowest BCUT2D eigenvalue weighted by molar-refractivity contribution is -0.0989. The summed E-state index contributed by atoms with van der Waals surface area (Å²) in [5, 5.41) is 3.81. The van der Waals surface area contributed by atoms with Crippen molar-refractivity contribution in [3.63, 3.8) is 0 Å². The monoisotopic (exact) mass is 287 g/mol. The summed E-state index contributed by atoms with van der Waals surface area (Å²) in [4.78, 5) is 0. The number of ether oxygens (including phenoxy) is 4. The number of rotatable bonds is 6. The quantitative estimate of drug-likeness (QED) is 0.809. The van der Waals surface area contributed by atoms with E-state index in [9.17, 15) is 0 Å². The Morgan fingerprint density at radius 3 is 2.74 bits per heavy atom. The van der Waals surface area contributed by atoms with E-state index in [4.69, 9.17) is 30.5 Å². The Kier molecular flexibility index (Phi) is 5.27. The summed E-state index contributed by atoms with van der Waals surface area (Å²) in [7, 11) is 3.22. The first-order valence-corrected chi connectivity index (χ1v) is 6.46. The fraction of sp³-hybridized carbons (Fsp3) is 0.538. The average molecular weight is 288 g/mol. The van der Waals surface area contributed by atoms with Crippen LogP contribution in [-0.4, -0.2) is 40.3 Å². The van der Waals surface area contributed by atoms with E-state index >= 15 is 0 Å². The first-order chi connectivity index (χ1) is 9.24. The molecular weight excluding hydrogens is 270 g/mol. The van der Waals surface area contributed by atoms with Crippen LogP contribution in [0.15, 0.2) is 12.1 Å². The third-order valence-electron chi connectivity index (χ3n) is 2.82. The van der Waals surface area contributed by atoms with Crippen molar-refractivity contribution in [2.75, 3.05) is 34.0 Å². The lowest BCUT2D eigenvalue weighted by Crippen LogP contribution is -2.29. The number of nitrogens with one attached hydrogen (secondary N) is 1. The zero-order valence-electron chi connectivity index (χ0n) is 11.1. The molecule has 1 heterocycles. The van der Waals surface area contributed by atoms with Gasteiger partial charge < -0.3 is 24.3 Å². The van der Waals surface area contributed by atoms with E-state index in [1.54, 1.807) is 14.2 Å². The van der Waals surface area contributed by atoms with Crippen LogP contribution in [-0.2, 0) is 16.0 Å². The number of benzene rings is 1. The highest BCUT2D eigenvalue weighted by Crippen LogP contribution is 2.38. The summed E-state index contributed by atoms with van der Waals surface area (Å²) in [6.45, 7) is 2.34. The minimum Gasteiger partial charge on any atom is -0.486 e. The molecule has 1 aliphatic rings. The zero-order chi connectivity index (χ0) is 13.7. The smallest absolute Gasteiger partial charge is 0.179 e. The van der Waals surface area contributed by atoms with E-state index in [0.29, 0.717) is 42.8 Å². The van der Waals surface area contributed by atoms with Gasteiger partial charge in [-0.3, -0.25) is 0 Å². The Balaban J connectivity index is 1.96. The van der Waals surface area contributed by atoms with Crippen molar-refractivity contribution < 1.29 is 18.9 Å². The van der Waals surface area contributed by atoms with Crippen LogP contribution in [0.25, 0.3) is 0 Å². The molecule has 5 nitrogen and oxygen atoms in total. The van der Waals surface area contributed by atoms with Crippen molar-refractivity contribution in [3.05, 3.63) is 22.7 Å². The first-order valence-electron chi connectivity index (χ1n) is 6.09. The molecule has 0 spiro atoms. The van der Waals surface area contributed by atoms with Crippen LogP contribution in [0.1, 0.15) is 5.56 Å². The van der Waals surface area contributed by atoms with Crippen LogP contribution in [0.2, 0.25) is 5.02 Å². The molecule has 0 atom stereocenters. The van der Waals surface area contributed by atoms with Gasteiger partial charge in [-0.15, -0.1) is 0 Å². The van der Waals surface area contributed by atoms with Gasteiger partial charge in [-0.25, -0.2) is 0 Å². The van der Waals surface area contributed by atoms with Gasteiger partial charge in [0.15, 0.2) is 17.8 Å². The Hall–Kier alpha value is -1.01. The highest BCUT2D eigenvalue weighted by Gasteiger charge is 2.16. The van der Waals surface area contributed by atoms with Gasteiger partial charge in [-0.2, -0.15) is 0 Å². The van der Waals surface area contributed by atoms with Crippen LogP contribution in [0, 0.1) is 0 Å². The van der Waals surface area contributed by atoms with E-state index in [1.807, 2.05) is 12.1 Å². The zero-order valence-corrected chi connectivity index (χ0v) is 11.8. The van der Waals surface area contributed by atoms with Gasteiger partial charge in [0.1, 0.15) is 13.2 Å². The predicted octanol–water partition coefficient (Wildman–Crippen LogP) is 1.82. The van der Waals surface area contributed by atoms with Crippen molar-refractivity contribution >= 4 is 11.6 Å². The molecule has 0 saturated heterocycles. The summed E-state index contributed by atoms with van der Waals surface area (Å²) in [5.41, 5.74) is 1.03. The van der Waals surface area contributed by atoms with Crippen molar-refractivity contribution in [2.24, 2.45) is 0 Å². The topological polar surface area (TPSA) is 49.0 Å². The minimum absolute atomic E-state index is 0.257. The Labute approximate surface area is 117 Å². The van der Waals surface area contributed by atoms with Crippen molar-refractivity contribution in [1.82, 2.24) is 5.32 Å². The molecular formula is C13H18ClNO4. The largest absolute Gasteiger partial charge is 0.486 e. The van der Waals surface area contributed by atoms with E-state index in [2.05, 4.69) is 5.32 Å². The Morgan fingerprint density at radius 2 is 2.00 bits per heavy atom. The van der Waals surface area contributed by atoms with E-state index < -0.39 is 0 Å². The molecule has 19 heavy (non-hydrogen) atoms. The van der Waals surface area contributed by atoms with E-state index in [-0.39, 0.29) is 6.29 Å². The van der Waals surface area contributed by atoms with Crippen LogP contribution in [0.4, 0.5) is 0 Å². The van der Waals surface area contributed by atoms with E-state index in [0.717, 1.165) is 5.56 Å². The summed E-state index contributed by atoms with van der Waals surface area (Å²) >= 11 is 6.16. The van der Waals surface area contributed by atoms with Crippen LogP contribution < -0.4 is 14.8 Å². The standard InChI is InChI=1S/C13H18ClNO4/c1-16-12(17-2)8-15-7-9-5-10(14)13-11(6-9)18-3-4-19-13/h5-6,12,15H,3-4,7-8H2,1-2H3. The van der Waals surface area contributed by atoms with Gasteiger partial charge in [0, 0.05) is 27.3 Å². The molecule has 0 fully saturated rings. The number of hydrogen-bond acceptors (Lipinski definition) is 5. The van der Waals surface area contributed by atoms with Gasteiger partial charge >= 0.3 is 0 Å². The number of fused-ring (bicyclic) bond motifs is 1. The maximum absolute atomic E-state index is 6.16. The summed E-state index contributed by atoms with van der Waals surface area (Å²) in [6, 6.07) is 3.80. The maximum atomic E-state index is 6.16. The van der Waals surface area contributed by atoms with Gasteiger partial charge in [-0.05, 0) is 17.7 Å². The Morgan fingerprint density at radius 1 is 1.26 bits per heavy atom. The molecule has 0 amide bonds. The molecule has 1 aromatic carbocycles. The minimum atomic E-state index is -0.257. The number of methoxy groups -OCH3 is 2. The number of hydrogen-bond donors (Lipinski definition) is 1. The molecule has 0 aliphatic carbocycles. The van der Waals surface area contributed by atoms with Crippen molar-refractivity contribution in [1.29, 1.82) is 0 Å². The summed E-state index contributed by atoms with van der Waals surface area (Å²) < 4.78 is 21.2. The SMILES string of the molecule is COC(CNCc1cc(Cl)c2c(c1)OCCO2)OC. The second-order valence-corrected chi connectivity index (χ2v) is 4.54. The molecule has 0 aromatic heterocycles. The summed E-state index contributed by atoms with van der Waals surface area (Å²) in [6.07, 6.45) is -0.257. The molecule has 106 valence electrons. The average Bonchev–Trinajstić information content (AvgIpc) is 2.44. The first kappa shape index (κ1) is 14.4. The fourth-order valence-electron chi connectivity index (χ4n) is 1.86. The van der Waals surface area contributed by atoms with Gasteiger partial charge in [0.05, 0.1) is 5.02 Å². The number of halogens is 1. The highest BCUT2D eigenvalue weighted by molar-refractivity contribution is 6.32. The molecule has 2 rings (SSSR count). The molecule has 0 radical (unpaired) electrons. The van der Waals surface area contributed by atoms with Gasteiger partial charge in [0.25, 0.3) is 0 Å².